The predicted molar refractivity (Wildman–Crippen MR) is 123 cm³/mol. The summed E-state index contributed by atoms with van der Waals surface area (Å²) in [6.45, 7) is 0.101. The number of aromatic nitrogens is 1. The molecular formula is C27H19F2N3O3. The maximum absolute atomic E-state index is 15.2. The number of nitriles is 1. The molecule has 2 aromatic carbocycles. The summed E-state index contributed by atoms with van der Waals surface area (Å²) in [5.41, 5.74) is 2.12. The number of carbonyl (C=O) groups is 1. The van der Waals surface area contributed by atoms with Gasteiger partial charge in [-0.15, -0.1) is 0 Å². The second kappa shape index (κ2) is 8.13. The van der Waals surface area contributed by atoms with Crippen molar-refractivity contribution in [1.29, 1.82) is 5.26 Å². The van der Waals surface area contributed by atoms with Crippen molar-refractivity contribution in [3.8, 4) is 17.6 Å². The molecule has 0 amide bonds. The van der Waals surface area contributed by atoms with Crippen LogP contribution >= 0.6 is 0 Å². The zero-order chi connectivity index (χ0) is 24.1. The minimum Gasteiger partial charge on any atom is -0.454 e. The van der Waals surface area contributed by atoms with E-state index in [1.165, 1.54) is 12.1 Å². The van der Waals surface area contributed by atoms with Crippen LogP contribution in [-0.4, -0.2) is 17.1 Å². The van der Waals surface area contributed by atoms with Crippen molar-refractivity contribution in [2.45, 2.75) is 25.2 Å². The smallest absolute Gasteiger partial charge is 0.231 e. The Labute approximate surface area is 199 Å². The van der Waals surface area contributed by atoms with Crippen molar-refractivity contribution in [1.82, 2.24) is 4.57 Å². The van der Waals surface area contributed by atoms with E-state index >= 15 is 4.39 Å². The summed E-state index contributed by atoms with van der Waals surface area (Å²) in [6.07, 6.45) is 4.94. The third-order valence-electron chi connectivity index (χ3n) is 6.58. The maximum atomic E-state index is 15.2. The second-order valence-electron chi connectivity index (χ2n) is 8.55. The van der Waals surface area contributed by atoms with Gasteiger partial charge < -0.3 is 14.0 Å². The first-order valence-electron chi connectivity index (χ1n) is 11.3. The fraction of sp³-hybridized carbons (Fsp3) is 0.185. The van der Waals surface area contributed by atoms with E-state index in [0.717, 1.165) is 6.07 Å². The van der Waals surface area contributed by atoms with Crippen LogP contribution in [-0.2, 0) is 4.79 Å². The lowest BCUT2D eigenvalue weighted by atomic mass is 9.75. The molecule has 1 atom stereocenters. The van der Waals surface area contributed by atoms with Crippen molar-refractivity contribution in [3.05, 3.63) is 95.0 Å². The molecule has 8 heteroatoms. The molecule has 1 aromatic heterocycles. The standard InChI is InChI=1S/C27H19F2N3O3/c28-17-7-8-20(19(29)13-17)32-21-4-3-5-22(33)26(21)25(16-6-9-23-24(12-16)35-15-34-23)18(14-30)27(32)31-10-1-2-11-31/h1-2,6-13,25H,3-5,15H2/t25-/m1/s1. The zero-order valence-corrected chi connectivity index (χ0v) is 18.5. The fourth-order valence-electron chi connectivity index (χ4n) is 5.12. The number of allylic oxidation sites excluding steroid dienone is 3. The number of ether oxygens (including phenoxy) is 2. The third-order valence-corrected chi connectivity index (χ3v) is 6.58. The highest BCUT2D eigenvalue weighted by Crippen LogP contribution is 2.50. The average Bonchev–Trinajstić information content (AvgIpc) is 3.55. The highest BCUT2D eigenvalue weighted by molar-refractivity contribution is 6.03. The third kappa shape index (κ3) is 3.31. The summed E-state index contributed by atoms with van der Waals surface area (Å²) >= 11 is 0. The summed E-state index contributed by atoms with van der Waals surface area (Å²) in [6, 6.07) is 14.6. The predicted octanol–water partition coefficient (Wildman–Crippen LogP) is 5.50. The van der Waals surface area contributed by atoms with Crippen LogP contribution in [0.15, 0.2) is 77.8 Å². The van der Waals surface area contributed by atoms with Crippen molar-refractivity contribution < 1.29 is 23.0 Å². The van der Waals surface area contributed by atoms with E-state index in [9.17, 15) is 14.4 Å². The normalized spacial score (nSPS) is 19.2. The fourth-order valence-corrected chi connectivity index (χ4v) is 5.12. The van der Waals surface area contributed by atoms with Gasteiger partial charge in [-0.05, 0) is 54.8 Å². The minimum absolute atomic E-state index is 0.0780. The van der Waals surface area contributed by atoms with E-state index in [0.29, 0.717) is 53.4 Å². The Morgan fingerprint density at radius 1 is 1.00 bits per heavy atom. The van der Waals surface area contributed by atoms with E-state index in [1.54, 1.807) is 46.1 Å². The molecule has 0 N–H and O–H groups in total. The molecule has 3 aromatic rings. The summed E-state index contributed by atoms with van der Waals surface area (Å²) in [5, 5.41) is 10.4. The number of halogens is 2. The van der Waals surface area contributed by atoms with Crippen LogP contribution in [0.5, 0.6) is 11.5 Å². The van der Waals surface area contributed by atoms with Crippen LogP contribution in [0.25, 0.3) is 5.82 Å². The Hall–Kier alpha value is -4.38. The Morgan fingerprint density at radius 3 is 2.57 bits per heavy atom. The molecular weight excluding hydrogens is 452 g/mol. The molecule has 35 heavy (non-hydrogen) atoms. The van der Waals surface area contributed by atoms with Gasteiger partial charge in [-0.2, -0.15) is 5.26 Å². The van der Waals surface area contributed by atoms with Gasteiger partial charge in [-0.25, -0.2) is 8.78 Å². The first-order valence-corrected chi connectivity index (χ1v) is 11.3. The summed E-state index contributed by atoms with van der Waals surface area (Å²) < 4.78 is 41.7. The molecule has 0 saturated carbocycles. The molecule has 6 nitrogen and oxygen atoms in total. The average molecular weight is 471 g/mol. The van der Waals surface area contributed by atoms with Gasteiger partial charge in [-0.3, -0.25) is 9.69 Å². The highest BCUT2D eigenvalue weighted by atomic mass is 19.1. The van der Waals surface area contributed by atoms with Crippen LogP contribution in [0.3, 0.4) is 0 Å². The maximum Gasteiger partial charge on any atom is 0.231 e. The van der Waals surface area contributed by atoms with E-state index in [-0.39, 0.29) is 23.8 Å². The van der Waals surface area contributed by atoms with E-state index in [1.807, 2.05) is 6.07 Å². The summed E-state index contributed by atoms with van der Waals surface area (Å²) in [7, 11) is 0. The molecule has 0 unspecified atom stereocenters. The lowest BCUT2D eigenvalue weighted by Gasteiger charge is -2.41. The van der Waals surface area contributed by atoms with Gasteiger partial charge in [-0.1, -0.05) is 6.07 Å². The quantitative estimate of drug-likeness (QED) is 0.505. The number of fused-ring (bicyclic) bond motifs is 1. The molecule has 0 fully saturated rings. The SMILES string of the molecule is N#CC1=C(n2cccc2)N(c2ccc(F)cc2F)C2=C(C(=O)CCC2)[C@@H]1c1ccc2c(c1)OCO2. The first kappa shape index (κ1) is 21.2. The van der Waals surface area contributed by atoms with Gasteiger partial charge in [0.15, 0.2) is 17.3 Å². The number of nitrogens with zero attached hydrogens (tertiary/aromatic N) is 3. The van der Waals surface area contributed by atoms with Crippen LogP contribution in [0.2, 0.25) is 0 Å². The van der Waals surface area contributed by atoms with Gasteiger partial charge in [0.2, 0.25) is 6.79 Å². The minimum atomic E-state index is -0.779. The Morgan fingerprint density at radius 2 is 1.80 bits per heavy atom. The Kier molecular flexibility index (Phi) is 4.92. The van der Waals surface area contributed by atoms with Gasteiger partial charge in [0.1, 0.15) is 17.5 Å². The lowest BCUT2D eigenvalue weighted by Crippen LogP contribution is -2.37. The molecule has 6 rings (SSSR count). The van der Waals surface area contributed by atoms with Crippen molar-refractivity contribution in [2.75, 3.05) is 11.7 Å². The monoisotopic (exact) mass is 471 g/mol. The van der Waals surface area contributed by atoms with Crippen molar-refractivity contribution in [2.24, 2.45) is 0 Å². The van der Waals surface area contributed by atoms with Gasteiger partial charge in [0, 0.05) is 36.2 Å². The summed E-state index contributed by atoms with van der Waals surface area (Å²) in [5.74, 6) is -0.716. The van der Waals surface area contributed by atoms with Crippen LogP contribution in [0.1, 0.15) is 30.7 Å². The number of ketones is 1. The number of rotatable bonds is 3. The molecule has 0 spiro atoms. The number of anilines is 1. The molecule has 0 bridgehead atoms. The number of Topliss-reactive ketones (excluding diaryl/α,β-unsaturated/α-hetero) is 1. The van der Waals surface area contributed by atoms with Crippen LogP contribution in [0, 0.1) is 23.0 Å². The Bertz CT molecular complexity index is 1470. The number of hydrogen-bond acceptors (Lipinski definition) is 5. The molecule has 0 saturated heterocycles. The van der Waals surface area contributed by atoms with Crippen molar-refractivity contribution >= 4 is 17.3 Å². The number of carbonyl (C=O) groups excluding carboxylic acids is 1. The van der Waals surface area contributed by atoms with Gasteiger partial charge in [0.05, 0.1) is 23.2 Å². The number of benzene rings is 2. The number of hydrogen-bond donors (Lipinski definition) is 0. The molecule has 2 aliphatic heterocycles. The van der Waals surface area contributed by atoms with Crippen LogP contribution in [0.4, 0.5) is 14.5 Å². The second-order valence-corrected chi connectivity index (χ2v) is 8.55. The topological polar surface area (TPSA) is 67.5 Å². The molecule has 174 valence electrons. The van der Waals surface area contributed by atoms with Crippen molar-refractivity contribution in [3.63, 3.8) is 0 Å². The van der Waals surface area contributed by atoms with E-state index in [2.05, 4.69) is 6.07 Å². The zero-order valence-electron chi connectivity index (χ0n) is 18.5. The van der Waals surface area contributed by atoms with E-state index < -0.39 is 17.6 Å². The van der Waals surface area contributed by atoms with Crippen LogP contribution < -0.4 is 14.4 Å². The summed E-state index contributed by atoms with van der Waals surface area (Å²) in [4.78, 5) is 15.0. The van der Waals surface area contributed by atoms with E-state index in [4.69, 9.17) is 9.47 Å². The molecule has 3 heterocycles. The lowest BCUT2D eigenvalue weighted by molar-refractivity contribution is -0.116. The van der Waals surface area contributed by atoms with Gasteiger partial charge >= 0.3 is 0 Å². The Balaban J connectivity index is 1.66. The molecule has 1 aliphatic carbocycles. The molecule has 3 aliphatic rings. The molecule has 0 radical (unpaired) electrons. The largest absolute Gasteiger partial charge is 0.454 e. The van der Waals surface area contributed by atoms with Gasteiger partial charge in [0.25, 0.3) is 0 Å². The highest BCUT2D eigenvalue weighted by Gasteiger charge is 2.42. The first-order chi connectivity index (χ1) is 17.1.